The topological polar surface area (TPSA) is 55.4 Å². The number of Topliss-reactive ketones (excluding diaryl/α,β-unsaturated/α-hetero) is 1. The molecule has 1 amide bonds. The van der Waals surface area contributed by atoms with Crippen molar-refractivity contribution in [3.8, 4) is 5.75 Å². The second kappa shape index (κ2) is 6.62. The third-order valence-corrected chi connectivity index (χ3v) is 1.90. The normalized spacial score (nSPS) is 9.76. The summed E-state index contributed by atoms with van der Waals surface area (Å²) in [7, 11) is 0. The van der Waals surface area contributed by atoms with E-state index in [4.69, 9.17) is 4.74 Å². The number of benzene rings is 1. The van der Waals surface area contributed by atoms with Crippen molar-refractivity contribution in [2.24, 2.45) is 0 Å². The number of ether oxygens (including phenoxy) is 1. The Bertz CT molecular complexity index is 406. The van der Waals surface area contributed by atoms with Crippen molar-refractivity contribution in [1.29, 1.82) is 0 Å². The average molecular weight is 239 g/mol. The van der Waals surface area contributed by atoms with E-state index in [9.17, 15) is 14.0 Å². The van der Waals surface area contributed by atoms with E-state index in [-0.39, 0.29) is 37.1 Å². The van der Waals surface area contributed by atoms with E-state index >= 15 is 0 Å². The van der Waals surface area contributed by atoms with Crippen LogP contribution < -0.4 is 10.1 Å². The summed E-state index contributed by atoms with van der Waals surface area (Å²) in [5, 5.41) is 2.52. The Labute approximate surface area is 98.8 Å². The zero-order valence-corrected chi connectivity index (χ0v) is 9.53. The molecule has 1 N–H and O–H groups in total. The SMILES string of the molecule is CC(=O)CC(=O)NCCOc1cccc(F)c1. The van der Waals surface area contributed by atoms with E-state index in [1.54, 1.807) is 12.1 Å². The van der Waals surface area contributed by atoms with Gasteiger partial charge in [-0.2, -0.15) is 0 Å². The van der Waals surface area contributed by atoms with E-state index < -0.39 is 0 Å². The minimum absolute atomic E-state index is 0.125. The number of amides is 1. The molecule has 0 fully saturated rings. The summed E-state index contributed by atoms with van der Waals surface area (Å²) in [6.45, 7) is 1.86. The molecule has 0 heterocycles. The van der Waals surface area contributed by atoms with Crippen LogP contribution in [0.4, 0.5) is 4.39 Å². The standard InChI is InChI=1S/C12H14FNO3/c1-9(15)7-12(16)14-5-6-17-11-4-2-3-10(13)8-11/h2-4,8H,5-7H2,1H3,(H,14,16). The molecule has 0 aliphatic heterocycles. The molecule has 1 aromatic rings. The molecule has 92 valence electrons. The number of carbonyl (C=O) groups is 2. The first-order valence-corrected chi connectivity index (χ1v) is 5.22. The maximum Gasteiger partial charge on any atom is 0.227 e. The minimum atomic E-state index is -0.372. The molecule has 0 atom stereocenters. The van der Waals surface area contributed by atoms with Crippen LogP contribution in [0.3, 0.4) is 0 Å². The predicted octanol–water partition coefficient (Wildman–Crippen LogP) is 1.30. The highest BCUT2D eigenvalue weighted by Gasteiger charge is 2.03. The van der Waals surface area contributed by atoms with Gasteiger partial charge in [-0.3, -0.25) is 9.59 Å². The van der Waals surface area contributed by atoms with Gasteiger partial charge in [-0.25, -0.2) is 4.39 Å². The lowest BCUT2D eigenvalue weighted by molar-refractivity contribution is -0.127. The molecule has 0 spiro atoms. The first-order valence-electron chi connectivity index (χ1n) is 5.22. The molecule has 0 aliphatic carbocycles. The number of hydrogen-bond acceptors (Lipinski definition) is 3. The van der Waals surface area contributed by atoms with Crippen LogP contribution >= 0.6 is 0 Å². The van der Waals surface area contributed by atoms with Gasteiger partial charge in [0.1, 0.15) is 24.0 Å². The van der Waals surface area contributed by atoms with Crippen LogP contribution in [0.5, 0.6) is 5.75 Å². The summed E-state index contributed by atoms with van der Waals surface area (Å²) in [6.07, 6.45) is -0.125. The number of rotatable bonds is 6. The number of hydrogen-bond donors (Lipinski definition) is 1. The molecule has 1 aromatic carbocycles. The van der Waals surface area contributed by atoms with Crippen molar-refractivity contribution < 1.29 is 18.7 Å². The fourth-order valence-electron chi connectivity index (χ4n) is 1.20. The smallest absolute Gasteiger partial charge is 0.227 e. The number of nitrogens with one attached hydrogen (secondary N) is 1. The van der Waals surface area contributed by atoms with Crippen molar-refractivity contribution in [3.63, 3.8) is 0 Å². The van der Waals surface area contributed by atoms with Gasteiger partial charge in [-0.15, -0.1) is 0 Å². The summed E-state index contributed by atoms with van der Waals surface area (Å²) in [6, 6.07) is 5.75. The zero-order valence-electron chi connectivity index (χ0n) is 9.53. The molecular formula is C12H14FNO3. The largest absolute Gasteiger partial charge is 0.492 e. The van der Waals surface area contributed by atoms with Crippen LogP contribution in [0.1, 0.15) is 13.3 Å². The van der Waals surface area contributed by atoms with E-state index in [1.165, 1.54) is 19.1 Å². The summed E-state index contributed by atoms with van der Waals surface area (Å²) in [4.78, 5) is 21.7. The van der Waals surface area contributed by atoms with Crippen LogP contribution in [0.15, 0.2) is 24.3 Å². The van der Waals surface area contributed by atoms with Crippen LogP contribution in [-0.2, 0) is 9.59 Å². The Kier molecular flexibility index (Phi) is 5.13. The zero-order chi connectivity index (χ0) is 12.7. The highest BCUT2D eigenvalue weighted by molar-refractivity contribution is 5.96. The van der Waals surface area contributed by atoms with Gasteiger partial charge in [0.15, 0.2) is 0 Å². The van der Waals surface area contributed by atoms with Gasteiger partial charge in [0, 0.05) is 6.07 Å². The lowest BCUT2D eigenvalue weighted by atomic mass is 10.3. The van der Waals surface area contributed by atoms with Crippen molar-refractivity contribution in [2.45, 2.75) is 13.3 Å². The van der Waals surface area contributed by atoms with Gasteiger partial charge in [0.25, 0.3) is 0 Å². The van der Waals surface area contributed by atoms with Crippen LogP contribution in [0, 0.1) is 5.82 Å². The third kappa shape index (κ3) is 5.65. The molecule has 0 aliphatic rings. The quantitative estimate of drug-likeness (QED) is 0.601. The van der Waals surface area contributed by atoms with Gasteiger partial charge < -0.3 is 10.1 Å². The Hall–Kier alpha value is -1.91. The second-order valence-corrected chi connectivity index (χ2v) is 3.53. The van der Waals surface area contributed by atoms with E-state index in [2.05, 4.69) is 5.32 Å². The van der Waals surface area contributed by atoms with Crippen molar-refractivity contribution >= 4 is 11.7 Å². The maximum absolute atomic E-state index is 12.8. The lowest BCUT2D eigenvalue weighted by Gasteiger charge is -2.07. The molecule has 0 saturated heterocycles. The number of carbonyl (C=O) groups excluding carboxylic acids is 2. The monoisotopic (exact) mass is 239 g/mol. The molecule has 0 saturated carbocycles. The maximum atomic E-state index is 12.8. The van der Waals surface area contributed by atoms with E-state index in [1.807, 2.05) is 0 Å². The molecule has 0 aromatic heterocycles. The lowest BCUT2D eigenvalue weighted by Crippen LogP contribution is -2.29. The summed E-state index contributed by atoms with van der Waals surface area (Å²) >= 11 is 0. The number of halogens is 1. The third-order valence-electron chi connectivity index (χ3n) is 1.90. The molecule has 0 bridgehead atoms. The highest BCUT2D eigenvalue weighted by Crippen LogP contribution is 2.11. The van der Waals surface area contributed by atoms with Crippen molar-refractivity contribution in [2.75, 3.05) is 13.2 Å². The van der Waals surface area contributed by atoms with Crippen LogP contribution in [-0.4, -0.2) is 24.8 Å². The van der Waals surface area contributed by atoms with Crippen LogP contribution in [0.25, 0.3) is 0 Å². The van der Waals surface area contributed by atoms with Crippen molar-refractivity contribution in [1.82, 2.24) is 5.32 Å². The molecular weight excluding hydrogens is 225 g/mol. The summed E-state index contributed by atoms with van der Waals surface area (Å²) in [5.41, 5.74) is 0. The predicted molar refractivity (Wildman–Crippen MR) is 60.2 cm³/mol. The van der Waals surface area contributed by atoms with E-state index in [0.717, 1.165) is 0 Å². The van der Waals surface area contributed by atoms with Gasteiger partial charge in [0.2, 0.25) is 5.91 Å². The summed E-state index contributed by atoms with van der Waals surface area (Å²) < 4.78 is 18.0. The summed E-state index contributed by atoms with van der Waals surface area (Å²) in [5.74, 6) is -0.483. The molecule has 5 heteroatoms. The van der Waals surface area contributed by atoms with Gasteiger partial charge in [-0.05, 0) is 19.1 Å². The van der Waals surface area contributed by atoms with Crippen molar-refractivity contribution in [3.05, 3.63) is 30.1 Å². The fourth-order valence-corrected chi connectivity index (χ4v) is 1.20. The van der Waals surface area contributed by atoms with Gasteiger partial charge >= 0.3 is 0 Å². The Morgan fingerprint density at radius 2 is 2.18 bits per heavy atom. The first-order chi connectivity index (χ1) is 8.08. The van der Waals surface area contributed by atoms with Crippen LogP contribution in [0.2, 0.25) is 0 Å². The fraction of sp³-hybridized carbons (Fsp3) is 0.333. The molecule has 1 rings (SSSR count). The Morgan fingerprint density at radius 3 is 2.82 bits per heavy atom. The molecule has 4 nitrogen and oxygen atoms in total. The first kappa shape index (κ1) is 13.2. The minimum Gasteiger partial charge on any atom is -0.492 e. The second-order valence-electron chi connectivity index (χ2n) is 3.53. The van der Waals surface area contributed by atoms with Gasteiger partial charge in [-0.1, -0.05) is 6.07 Å². The Morgan fingerprint density at radius 1 is 1.41 bits per heavy atom. The molecule has 17 heavy (non-hydrogen) atoms. The highest BCUT2D eigenvalue weighted by atomic mass is 19.1. The molecule has 0 radical (unpaired) electrons. The van der Waals surface area contributed by atoms with Gasteiger partial charge in [0.05, 0.1) is 13.0 Å². The Balaban J connectivity index is 2.20. The molecule has 0 unspecified atom stereocenters. The van der Waals surface area contributed by atoms with E-state index in [0.29, 0.717) is 5.75 Å². The number of ketones is 1. The average Bonchev–Trinajstić information content (AvgIpc) is 2.23.